The Labute approximate surface area is 70.8 Å². The van der Waals surface area contributed by atoms with Crippen LogP contribution in [0.4, 0.5) is 5.69 Å². The standard InChI is InChI=1S/C9H11NO2/c1-5-9(12-5)6-2-7(10)4-8(11)3-6/h2-5,9,11H,10H2,1H3. The monoisotopic (exact) mass is 165 g/mol. The molecule has 3 nitrogen and oxygen atoms in total. The van der Waals surface area contributed by atoms with Crippen LogP contribution in [0.3, 0.4) is 0 Å². The van der Waals surface area contributed by atoms with Gasteiger partial charge in [0.1, 0.15) is 11.9 Å². The molecule has 0 spiro atoms. The van der Waals surface area contributed by atoms with Gasteiger partial charge in [-0.15, -0.1) is 0 Å². The van der Waals surface area contributed by atoms with Crippen LogP contribution in [0.2, 0.25) is 0 Å². The first kappa shape index (κ1) is 7.43. The second-order valence-electron chi connectivity index (χ2n) is 3.12. The number of phenols is 1. The van der Waals surface area contributed by atoms with E-state index < -0.39 is 0 Å². The lowest BCUT2D eigenvalue weighted by molar-refractivity contribution is 0.382. The van der Waals surface area contributed by atoms with E-state index in [2.05, 4.69) is 0 Å². The minimum absolute atomic E-state index is 0.124. The molecule has 3 heteroatoms. The molecule has 12 heavy (non-hydrogen) atoms. The summed E-state index contributed by atoms with van der Waals surface area (Å²) in [4.78, 5) is 0. The molecule has 0 aromatic heterocycles. The van der Waals surface area contributed by atoms with E-state index in [1.165, 1.54) is 6.07 Å². The van der Waals surface area contributed by atoms with Gasteiger partial charge in [0.15, 0.2) is 0 Å². The second-order valence-corrected chi connectivity index (χ2v) is 3.12. The molecule has 2 rings (SSSR count). The Morgan fingerprint density at radius 2 is 2.08 bits per heavy atom. The summed E-state index contributed by atoms with van der Waals surface area (Å²) in [7, 11) is 0. The summed E-state index contributed by atoms with van der Waals surface area (Å²) in [6, 6.07) is 5.04. The number of rotatable bonds is 1. The molecule has 0 bridgehead atoms. The third-order valence-corrected chi connectivity index (χ3v) is 2.00. The van der Waals surface area contributed by atoms with E-state index in [-0.39, 0.29) is 18.0 Å². The van der Waals surface area contributed by atoms with Crippen LogP contribution in [-0.2, 0) is 4.74 Å². The molecular weight excluding hydrogens is 154 g/mol. The van der Waals surface area contributed by atoms with E-state index in [1.54, 1.807) is 6.07 Å². The molecule has 64 valence electrons. The fourth-order valence-electron chi connectivity index (χ4n) is 1.36. The number of phenolic OH excluding ortho intramolecular Hbond substituents is 1. The summed E-state index contributed by atoms with van der Waals surface area (Å²) < 4.78 is 5.25. The van der Waals surface area contributed by atoms with E-state index in [0.717, 1.165) is 5.56 Å². The largest absolute Gasteiger partial charge is 0.508 e. The molecule has 1 fully saturated rings. The van der Waals surface area contributed by atoms with Gasteiger partial charge in [-0.05, 0) is 24.6 Å². The highest BCUT2D eigenvalue weighted by Crippen LogP contribution is 2.39. The Hall–Kier alpha value is -1.22. The number of aromatic hydroxyl groups is 1. The zero-order valence-corrected chi connectivity index (χ0v) is 6.82. The molecule has 0 radical (unpaired) electrons. The quantitative estimate of drug-likeness (QED) is 0.489. The molecule has 1 heterocycles. The number of benzene rings is 1. The van der Waals surface area contributed by atoms with Gasteiger partial charge in [-0.1, -0.05) is 0 Å². The van der Waals surface area contributed by atoms with Gasteiger partial charge in [0.25, 0.3) is 0 Å². The smallest absolute Gasteiger partial charge is 0.118 e. The van der Waals surface area contributed by atoms with Gasteiger partial charge in [-0.3, -0.25) is 0 Å². The molecule has 1 aliphatic rings. The average molecular weight is 165 g/mol. The van der Waals surface area contributed by atoms with E-state index in [0.29, 0.717) is 5.69 Å². The van der Waals surface area contributed by atoms with Crippen molar-refractivity contribution in [1.82, 2.24) is 0 Å². The molecular formula is C9H11NO2. The Morgan fingerprint density at radius 3 is 2.58 bits per heavy atom. The molecule has 0 saturated carbocycles. The van der Waals surface area contributed by atoms with Crippen molar-refractivity contribution in [2.45, 2.75) is 19.1 Å². The van der Waals surface area contributed by atoms with Gasteiger partial charge in [0.05, 0.1) is 6.10 Å². The van der Waals surface area contributed by atoms with Crippen LogP contribution in [0.5, 0.6) is 5.75 Å². The van der Waals surface area contributed by atoms with Crippen LogP contribution in [0.25, 0.3) is 0 Å². The van der Waals surface area contributed by atoms with E-state index in [9.17, 15) is 5.11 Å². The van der Waals surface area contributed by atoms with Crippen molar-refractivity contribution in [2.24, 2.45) is 0 Å². The van der Waals surface area contributed by atoms with Gasteiger partial charge in [0.2, 0.25) is 0 Å². The minimum Gasteiger partial charge on any atom is -0.508 e. The summed E-state index contributed by atoms with van der Waals surface area (Å²) in [5, 5.41) is 9.22. The normalized spacial score (nSPS) is 27.1. The zero-order valence-electron chi connectivity index (χ0n) is 6.82. The van der Waals surface area contributed by atoms with Crippen LogP contribution in [-0.4, -0.2) is 11.2 Å². The highest BCUT2D eigenvalue weighted by Gasteiger charge is 2.35. The van der Waals surface area contributed by atoms with Crippen LogP contribution in [0.15, 0.2) is 18.2 Å². The summed E-state index contributed by atoms with van der Waals surface area (Å²) in [6.45, 7) is 1.99. The average Bonchev–Trinajstić information content (AvgIpc) is 2.64. The van der Waals surface area contributed by atoms with Gasteiger partial charge >= 0.3 is 0 Å². The van der Waals surface area contributed by atoms with Crippen molar-refractivity contribution in [3.8, 4) is 5.75 Å². The number of hydrogen-bond acceptors (Lipinski definition) is 3. The second kappa shape index (κ2) is 2.38. The van der Waals surface area contributed by atoms with Crippen molar-refractivity contribution in [2.75, 3.05) is 5.73 Å². The predicted octanol–water partition coefficient (Wildman–Crippen LogP) is 1.43. The van der Waals surface area contributed by atoms with E-state index in [4.69, 9.17) is 10.5 Å². The van der Waals surface area contributed by atoms with Gasteiger partial charge < -0.3 is 15.6 Å². The van der Waals surface area contributed by atoms with Crippen molar-refractivity contribution in [3.63, 3.8) is 0 Å². The molecule has 1 saturated heterocycles. The Kier molecular flexibility index (Phi) is 1.48. The molecule has 0 aliphatic carbocycles. The number of nitrogens with two attached hydrogens (primary N) is 1. The first-order valence-electron chi connectivity index (χ1n) is 3.92. The Bertz CT molecular complexity index is 291. The van der Waals surface area contributed by atoms with E-state index >= 15 is 0 Å². The van der Waals surface area contributed by atoms with Crippen LogP contribution in [0.1, 0.15) is 18.6 Å². The maximum Gasteiger partial charge on any atom is 0.118 e. The summed E-state index contributed by atoms with van der Waals surface area (Å²) in [5.74, 6) is 0.202. The molecule has 2 atom stereocenters. The van der Waals surface area contributed by atoms with Gasteiger partial charge in [-0.2, -0.15) is 0 Å². The summed E-state index contributed by atoms with van der Waals surface area (Å²) in [5.41, 5.74) is 7.09. The lowest BCUT2D eigenvalue weighted by Gasteiger charge is -1.99. The highest BCUT2D eigenvalue weighted by atomic mass is 16.6. The number of epoxide rings is 1. The summed E-state index contributed by atoms with van der Waals surface area (Å²) >= 11 is 0. The zero-order chi connectivity index (χ0) is 8.72. The highest BCUT2D eigenvalue weighted by molar-refractivity contribution is 5.48. The first-order valence-corrected chi connectivity index (χ1v) is 3.92. The maximum absolute atomic E-state index is 9.22. The number of hydrogen-bond donors (Lipinski definition) is 2. The minimum atomic E-state index is 0.124. The Morgan fingerprint density at radius 1 is 1.42 bits per heavy atom. The predicted molar refractivity (Wildman–Crippen MR) is 45.8 cm³/mol. The van der Waals surface area contributed by atoms with Crippen molar-refractivity contribution >= 4 is 5.69 Å². The summed E-state index contributed by atoms with van der Waals surface area (Å²) in [6.07, 6.45) is 0.380. The van der Waals surface area contributed by atoms with Crippen LogP contribution in [0, 0.1) is 0 Å². The number of anilines is 1. The third-order valence-electron chi connectivity index (χ3n) is 2.00. The lowest BCUT2D eigenvalue weighted by Crippen LogP contribution is -1.88. The van der Waals surface area contributed by atoms with E-state index in [1.807, 2.05) is 13.0 Å². The molecule has 1 aliphatic heterocycles. The lowest BCUT2D eigenvalue weighted by atomic mass is 10.1. The molecule has 2 unspecified atom stereocenters. The number of ether oxygens (including phenoxy) is 1. The SMILES string of the molecule is CC1OC1c1cc(N)cc(O)c1. The topological polar surface area (TPSA) is 58.8 Å². The molecule has 1 aromatic rings. The number of nitrogen functional groups attached to an aromatic ring is 1. The third kappa shape index (κ3) is 1.23. The van der Waals surface area contributed by atoms with Gasteiger partial charge in [0, 0.05) is 11.8 Å². The van der Waals surface area contributed by atoms with Crippen molar-refractivity contribution in [1.29, 1.82) is 0 Å². The molecule has 3 N–H and O–H groups in total. The fourth-order valence-corrected chi connectivity index (χ4v) is 1.36. The van der Waals surface area contributed by atoms with Crippen molar-refractivity contribution < 1.29 is 9.84 Å². The first-order chi connectivity index (χ1) is 5.66. The molecule has 0 amide bonds. The maximum atomic E-state index is 9.22. The van der Waals surface area contributed by atoms with Gasteiger partial charge in [-0.25, -0.2) is 0 Å². The molecule has 1 aromatic carbocycles. The Balaban J connectivity index is 2.32. The van der Waals surface area contributed by atoms with Crippen molar-refractivity contribution in [3.05, 3.63) is 23.8 Å². The van der Waals surface area contributed by atoms with Crippen LogP contribution < -0.4 is 5.73 Å². The fraction of sp³-hybridized carbons (Fsp3) is 0.333. The van der Waals surface area contributed by atoms with Crippen LogP contribution >= 0.6 is 0 Å².